The zero-order valence-electron chi connectivity index (χ0n) is 11.2. The number of likely N-dealkylation sites (N-methyl/N-ethyl adjacent to an activating group) is 1. The van der Waals surface area contributed by atoms with E-state index in [0.29, 0.717) is 0 Å². The van der Waals surface area contributed by atoms with Crippen LogP contribution in [0, 0.1) is 0 Å². The Morgan fingerprint density at radius 3 is 2.39 bits per heavy atom. The maximum absolute atomic E-state index is 12.5. The number of hydrogen-bond acceptors (Lipinski definition) is 2. The van der Waals surface area contributed by atoms with Crippen molar-refractivity contribution in [2.75, 3.05) is 7.05 Å². The Labute approximate surface area is 109 Å². The van der Waals surface area contributed by atoms with Gasteiger partial charge in [-0.1, -0.05) is 43.2 Å². The lowest BCUT2D eigenvalue weighted by molar-refractivity contribution is -0.137. The number of carbonyl (C=O) groups is 1. The second-order valence-electron chi connectivity index (χ2n) is 5.37. The van der Waals surface area contributed by atoms with E-state index in [-0.39, 0.29) is 11.9 Å². The summed E-state index contributed by atoms with van der Waals surface area (Å²) in [4.78, 5) is 14.3. The van der Waals surface area contributed by atoms with E-state index in [1.54, 1.807) is 4.90 Å². The lowest BCUT2D eigenvalue weighted by atomic mass is 9.95. The first-order valence-electron chi connectivity index (χ1n) is 6.66. The lowest BCUT2D eigenvalue weighted by Crippen LogP contribution is -2.52. The van der Waals surface area contributed by atoms with Crippen LogP contribution in [0.4, 0.5) is 0 Å². The molecule has 0 aliphatic heterocycles. The lowest BCUT2D eigenvalue weighted by Gasteiger charge is -2.33. The quantitative estimate of drug-likeness (QED) is 0.890. The molecule has 1 aliphatic carbocycles. The highest BCUT2D eigenvalue weighted by Crippen LogP contribution is 2.31. The van der Waals surface area contributed by atoms with Gasteiger partial charge in [0.15, 0.2) is 0 Å². The van der Waals surface area contributed by atoms with E-state index in [1.807, 2.05) is 44.3 Å². The van der Waals surface area contributed by atoms with Crippen molar-refractivity contribution < 1.29 is 4.79 Å². The Kier molecular flexibility index (Phi) is 3.71. The molecule has 18 heavy (non-hydrogen) atoms. The van der Waals surface area contributed by atoms with E-state index in [0.717, 1.165) is 31.2 Å². The molecule has 1 saturated carbocycles. The van der Waals surface area contributed by atoms with Crippen LogP contribution in [0.5, 0.6) is 0 Å². The highest BCUT2D eigenvalue weighted by Gasteiger charge is 2.39. The summed E-state index contributed by atoms with van der Waals surface area (Å²) < 4.78 is 0. The number of benzene rings is 1. The van der Waals surface area contributed by atoms with Crippen molar-refractivity contribution in [3.05, 3.63) is 35.9 Å². The number of amides is 1. The Morgan fingerprint density at radius 1 is 1.28 bits per heavy atom. The first-order chi connectivity index (χ1) is 8.54. The van der Waals surface area contributed by atoms with Gasteiger partial charge in [0.1, 0.15) is 0 Å². The second kappa shape index (κ2) is 5.11. The predicted octanol–water partition coefficient (Wildman–Crippen LogP) is 2.48. The molecule has 2 N–H and O–H groups in total. The molecule has 0 heterocycles. The van der Waals surface area contributed by atoms with E-state index in [2.05, 4.69) is 0 Å². The summed E-state index contributed by atoms with van der Waals surface area (Å²) in [6, 6.07) is 10.1. The van der Waals surface area contributed by atoms with Crippen LogP contribution in [0.1, 0.15) is 44.2 Å². The van der Waals surface area contributed by atoms with Gasteiger partial charge in [0.25, 0.3) is 0 Å². The maximum atomic E-state index is 12.5. The Balaban J connectivity index is 2.11. The monoisotopic (exact) mass is 246 g/mol. The van der Waals surface area contributed by atoms with E-state index in [1.165, 1.54) is 0 Å². The summed E-state index contributed by atoms with van der Waals surface area (Å²) in [5.74, 6) is 0.0800. The topological polar surface area (TPSA) is 46.3 Å². The third-order valence-electron chi connectivity index (χ3n) is 4.10. The summed E-state index contributed by atoms with van der Waals surface area (Å²) >= 11 is 0. The molecule has 0 spiro atoms. The standard InChI is InChI=1S/C15H22N2O/c1-12(13-8-4-3-5-9-13)17(2)14(18)15(16)10-6-7-11-15/h3-5,8-9,12H,6-7,10-11,16H2,1-2H3. The minimum atomic E-state index is -0.627. The summed E-state index contributed by atoms with van der Waals surface area (Å²) in [6.45, 7) is 2.05. The van der Waals surface area contributed by atoms with Crippen molar-refractivity contribution in [2.24, 2.45) is 5.73 Å². The van der Waals surface area contributed by atoms with Gasteiger partial charge >= 0.3 is 0 Å². The number of rotatable bonds is 3. The Hall–Kier alpha value is -1.35. The summed E-state index contributed by atoms with van der Waals surface area (Å²) in [5, 5.41) is 0. The van der Waals surface area contributed by atoms with Gasteiger partial charge in [-0.25, -0.2) is 0 Å². The van der Waals surface area contributed by atoms with Gasteiger partial charge < -0.3 is 10.6 Å². The molecule has 1 aromatic rings. The molecule has 1 fully saturated rings. The van der Waals surface area contributed by atoms with Crippen LogP contribution in [-0.4, -0.2) is 23.4 Å². The van der Waals surface area contributed by atoms with Crippen molar-refractivity contribution in [3.8, 4) is 0 Å². The first-order valence-corrected chi connectivity index (χ1v) is 6.66. The van der Waals surface area contributed by atoms with E-state index < -0.39 is 5.54 Å². The summed E-state index contributed by atoms with van der Waals surface area (Å²) in [7, 11) is 1.85. The largest absolute Gasteiger partial charge is 0.337 e. The van der Waals surface area contributed by atoms with Crippen molar-refractivity contribution in [2.45, 2.75) is 44.2 Å². The van der Waals surface area contributed by atoms with Gasteiger partial charge in [0, 0.05) is 7.05 Å². The van der Waals surface area contributed by atoms with Gasteiger partial charge in [-0.05, 0) is 25.3 Å². The maximum Gasteiger partial charge on any atom is 0.242 e. The SMILES string of the molecule is CC(c1ccccc1)N(C)C(=O)C1(N)CCCC1. The second-order valence-corrected chi connectivity index (χ2v) is 5.37. The molecule has 0 saturated heterocycles. The normalized spacial score (nSPS) is 19.5. The number of nitrogens with two attached hydrogens (primary N) is 1. The molecule has 2 rings (SSSR count). The van der Waals surface area contributed by atoms with Crippen LogP contribution in [0.15, 0.2) is 30.3 Å². The van der Waals surface area contributed by atoms with Gasteiger partial charge in [0.2, 0.25) is 5.91 Å². The predicted molar refractivity (Wildman–Crippen MR) is 73.0 cm³/mol. The van der Waals surface area contributed by atoms with Gasteiger partial charge in [0.05, 0.1) is 11.6 Å². The average Bonchev–Trinajstić information content (AvgIpc) is 2.85. The number of carbonyl (C=O) groups excluding carboxylic acids is 1. The molecule has 1 unspecified atom stereocenters. The fraction of sp³-hybridized carbons (Fsp3) is 0.533. The highest BCUT2D eigenvalue weighted by atomic mass is 16.2. The zero-order chi connectivity index (χ0) is 13.2. The molecular formula is C15H22N2O. The average molecular weight is 246 g/mol. The van der Waals surface area contributed by atoms with Crippen molar-refractivity contribution >= 4 is 5.91 Å². The molecule has 3 nitrogen and oxygen atoms in total. The van der Waals surface area contributed by atoms with E-state index in [9.17, 15) is 4.79 Å². The van der Waals surface area contributed by atoms with Crippen LogP contribution in [0.25, 0.3) is 0 Å². The Morgan fingerprint density at radius 2 is 1.83 bits per heavy atom. The molecule has 1 amide bonds. The van der Waals surface area contributed by atoms with Crippen molar-refractivity contribution in [1.29, 1.82) is 0 Å². The summed E-state index contributed by atoms with van der Waals surface area (Å²) in [5.41, 5.74) is 6.75. The molecule has 0 aromatic heterocycles. The fourth-order valence-electron chi connectivity index (χ4n) is 2.70. The summed E-state index contributed by atoms with van der Waals surface area (Å²) in [6.07, 6.45) is 3.76. The third-order valence-corrected chi connectivity index (χ3v) is 4.10. The smallest absolute Gasteiger partial charge is 0.242 e. The molecule has 1 atom stereocenters. The third kappa shape index (κ3) is 2.41. The van der Waals surface area contributed by atoms with Crippen LogP contribution >= 0.6 is 0 Å². The molecule has 1 aliphatic rings. The number of hydrogen-bond donors (Lipinski definition) is 1. The molecule has 1 aromatic carbocycles. The van der Waals surface area contributed by atoms with Gasteiger partial charge in [-0.3, -0.25) is 4.79 Å². The minimum absolute atomic E-state index is 0.0692. The molecule has 98 valence electrons. The van der Waals surface area contributed by atoms with Crippen molar-refractivity contribution in [1.82, 2.24) is 4.90 Å². The highest BCUT2D eigenvalue weighted by molar-refractivity contribution is 5.86. The van der Waals surface area contributed by atoms with Gasteiger partial charge in [-0.15, -0.1) is 0 Å². The fourth-order valence-corrected chi connectivity index (χ4v) is 2.70. The van der Waals surface area contributed by atoms with Crippen LogP contribution in [0.3, 0.4) is 0 Å². The molecular weight excluding hydrogens is 224 g/mol. The first kappa shape index (κ1) is 13.1. The van der Waals surface area contributed by atoms with Gasteiger partial charge in [-0.2, -0.15) is 0 Å². The molecule has 0 bridgehead atoms. The van der Waals surface area contributed by atoms with E-state index >= 15 is 0 Å². The molecule has 0 radical (unpaired) electrons. The van der Waals surface area contributed by atoms with Crippen LogP contribution in [-0.2, 0) is 4.79 Å². The van der Waals surface area contributed by atoms with E-state index in [4.69, 9.17) is 5.73 Å². The van der Waals surface area contributed by atoms with Crippen molar-refractivity contribution in [3.63, 3.8) is 0 Å². The van der Waals surface area contributed by atoms with Crippen LogP contribution < -0.4 is 5.73 Å². The zero-order valence-corrected chi connectivity index (χ0v) is 11.2. The Bertz CT molecular complexity index is 410. The minimum Gasteiger partial charge on any atom is -0.337 e. The number of nitrogens with zero attached hydrogens (tertiary/aromatic N) is 1. The van der Waals surface area contributed by atoms with Crippen LogP contribution in [0.2, 0.25) is 0 Å². The molecule has 3 heteroatoms.